The molecule has 0 aromatic heterocycles. The topological polar surface area (TPSA) is 58.6 Å². The molecule has 0 bridgehead atoms. The van der Waals surface area contributed by atoms with Crippen LogP contribution in [0.25, 0.3) is 0 Å². The highest BCUT2D eigenvalue weighted by molar-refractivity contribution is 7.99. The Kier molecular flexibility index (Phi) is 5.53. The third-order valence-electron chi connectivity index (χ3n) is 4.44. The molecule has 21 heavy (non-hydrogen) atoms. The predicted octanol–water partition coefficient (Wildman–Crippen LogP) is 3.02. The SMILES string of the molecule is CNC1(C(=O)O)CCCC1CCSc1ccc(OC)cc1. The molecular weight excluding hydrogens is 286 g/mol. The van der Waals surface area contributed by atoms with Gasteiger partial charge in [0.2, 0.25) is 0 Å². The zero-order valence-corrected chi connectivity index (χ0v) is 13.4. The Bertz CT molecular complexity index is 477. The Hall–Kier alpha value is -1.20. The van der Waals surface area contributed by atoms with Gasteiger partial charge < -0.3 is 15.2 Å². The molecule has 1 aliphatic carbocycles. The number of nitrogens with one attached hydrogen (secondary N) is 1. The summed E-state index contributed by atoms with van der Waals surface area (Å²) in [6.07, 6.45) is 3.64. The molecule has 0 aliphatic heterocycles. The van der Waals surface area contributed by atoms with Gasteiger partial charge in [0, 0.05) is 4.90 Å². The van der Waals surface area contributed by atoms with Gasteiger partial charge in [0.05, 0.1) is 7.11 Å². The lowest BCUT2D eigenvalue weighted by Crippen LogP contribution is -2.53. The molecule has 2 N–H and O–H groups in total. The molecule has 0 radical (unpaired) electrons. The van der Waals surface area contributed by atoms with Gasteiger partial charge in [-0.3, -0.25) is 4.79 Å². The third-order valence-corrected chi connectivity index (χ3v) is 5.49. The first-order chi connectivity index (χ1) is 10.1. The highest BCUT2D eigenvalue weighted by atomic mass is 32.2. The van der Waals surface area contributed by atoms with Gasteiger partial charge in [0.15, 0.2) is 0 Å². The summed E-state index contributed by atoms with van der Waals surface area (Å²) in [5.74, 6) is 1.30. The van der Waals surface area contributed by atoms with Crippen molar-refractivity contribution in [2.75, 3.05) is 19.9 Å². The average Bonchev–Trinajstić information content (AvgIpc) is 2.92. The molecule has 1 saturated carbocycles. The van der Waals surface area contributed by atoms with E-state index in [1.54, 1.807) is 25.9 Å². The zero-order valence-electron chi connectivity index (χ0n) is 12.6. The number of hydrogen-bond acceptors (Lipinski definition) is 4. The molecule has 0 amide bonds. The van der Waals surface area contributed by atoms with Crippen molar-refractivity contribution in [1.29, 1.82) is 0 Å². The van der Waals surface area contributed by atoms with Gasteiger partial charge >= 0.3 is 5.97 Å². The maximum absolute atomic E-state index is 11.6. The predicted molar refractivity (Wildman–Crippen MR) is 85.1 cm³/mol. The monoisotopic (exact) mass is 309 g/mol. The number of methoxy groups -OCH3 is 1. The Balaban J connectivity index is 1.88. The molecule has 5 heteroatoms. The lowest BCUT2D eigenvalue weighted by molar-refractivity contribution is -0.146. The summed E-state index contributed by atoms with van der Waals surface area (Å²) in [6, 6.07) is 7.99. The third kappa shape index (κ3) is 3.52. The van der Waals surface area contributed by atoms with Crippen molar-refractivity contribution < 1.29 is 14.6 Å². The van der Waals surface area contributed by atoms with Gasteiger partial charge in [0.1, 0.15) is 11.3 Å². The number of ether oxygens (including phenoxy) is 1. The number of carboxylic acid groups (broad SMARTS) is 1. The molecule has 2 atom stereocenters. The van der Waals surface area contributed by atoms with Crippen molar-refractivity contribution in [3.8, 4) is 5.75 Å². The number of aliphatic carboxylic acids is 1. The van der Waals surface area contributed by atoms with Gasteiger partial charge in [-0.1, -0.05) is 6.42 Å². The van der Waals surface area contributed by atoms with Gasteiger partial charge in [-0.2, -0.15) is 0 Å². The number of carbonyl (C=O) groups is 1. The molecule has 1 aromatic rings. The number of rotatable bonds is 7. The van der Waals surface area contributed by atoms with Crippen LogP contribution in [0.3, 0.4) is 0 Å². The number of benzene rings is 1. The molecule has 4 nitrogen and oxygen atoms in total. The Morgan fingerprint density at radius 1 is 1.48 bits per heavy atom. The van der Waals surface area contributed by atoms with E-state index in [2.05, 4.69) is 5.32 Å². The van der Waals surface area contributed by atoms with Gasteiger partial charge in [0.25, 0.3) is 0 Å². The number of thioether (sulfide) groups is 1. The second-order valence-corrected chi connectivity index (χ2v) is 6.60. The van der Waals surface area contributed by atoms with E-state index in [1.807, 2.05) is 24.3 Å². The van der Waals surface area contributed by atoms with Crippen molar-refractivity contribution in [3.63, 3.8) is 0 Å². The van der Waals surface area contributed by atoms with E-state index in [1.165, 1.54) is 4.90 Å². The molecule has 2 rings (SSSR count). The van der Waals surface area contributed by atoms with E-state index >= 15 is 0 Å². The van der Waals surface area contributed by atoms with Crippen LogP contribution in [0.15, 0.2) is 29.2 Å². The Morgan fingerprint density at radius 2 is 2.19 bits per heavy atom. The van der Waals surface area contributed by atoms with E-state index < -0.39 is 11.5 Å². The molecular formula is C16H23NO3S. The smallest absolute Gasteiger partial charge is 0.324 e. The van der Waals surface area contributed by atoms with Crippen molar-refractivity contribution >= 4 is 17.7 Å². The summed E-state index contributed by atoms with van der Waals surface area (Å²) in [5, 5.41) is 12.6. The fraction of sp³-hybridized carbons (Fsp3) is 0.562. The van der Waals surface area contributed by atoms with Crippen molar-refractivity contribution in [2.45, 2.75) is 36.1 Å². The van der Waals surface area contributed by atoms with E-state index in [-0.39, 0.29) is 5.92 Å². The molecule has 1 fully saturated rings. The van der Waals surface area contributed by atoms with Crippen LogP contribution < -0.4 is 10.1 Å². The zero-order chi connectivity index (χ0) is 15.3. The first-order valence-corrected chi connectivity index (χ1v) is 8.30. The molecule has 2 unspecified atom stereocenters. The highest BCUT2D eigenvalue weighted by Gasteiger charge is 2.47. The summed E-state index contributed by atoms with van der Waals surface area (Å²) < 4.78 is 5.14. The van der Waals surface area contributed by atoms with Gasteiger partial charge in [-0.25, -0.2) is 0 Å². The standard InChI is InChI=1S/C16H23NO3S/c1-17-16(15(18)19)10-3-4-12(16)9-11-21-14-7-5-13(20-2)6-8-14/h5-8,12,17H,3-4,9-11H2,1-2H3,(H,18,19). The average molecular weight is 309 g/mol. The lowest BCUT2D eigenvalue weighted by Gasteiger charge is -2.30. The minimum absolute atomic E-state index is 0.214. The summed E-state index contributed by atoms with van der Waals surface area (Å²) in [7, 11) is 3.43. The normalized spacial score (nSPS) is 25.0. The van der Waals surface area contributed by atoms with Crippen LogP contribution in [-0.2, 0) is 4.79 Å². The van der Waals surface area contributed by atoms with E-state index in [0.29, 0.717) is 0 Å². The summed E-state index contributed by atoms with van der Waals surface area (Å²) in [5.41, 5.74) is -0.722. The fourth-order valence-electron chi connectivity index (χ4n) is 3.18. The van der Waals surface area contributed by atoms with Crippen LogP contribution >= 0.6 is 11.8 Å². The first-order valence-electron chi connectivity index (χ1n) is 7.31. The largest absolute Gasteiger partial charge is 0.497 e. The maximum Gasteiger partial charge on any atom is 0.324 e. The van der Waals surface area contributed by atoms with E-state index in [4.69, 9.17) is 4.74 Å². The molecule has 1 aromatic carbocycles. The summed E-state index contributed by atoms with van der Waals surface area (Å²) in [6.45, 7) is 0. The fourth-order valence-corrected chi connectivity index (χ4v) is 4.14. The quantitative estimate of drug-likeness (QED) is 0.758. The number of carboxylic acids is 1. The van der Waals surface area contributed by atoms with Crippen LogP contribution in [0, 0.1) is 5.92 Å². The van der Waals surface area contributed by atoms with Crippen molar-refractivity contribution in [2.24, 2.45) is 5.92 Å². The first kappa shape index (κ1) is 16.2. The second-order valence-electron chi connectivity index (χ2n) is 5.43. The number of hydrogen-bond donors (Lipinski definition) is 2. The maximum atomic E-state index is 11.6. The van der Waals surface area contributed by atoms with Crippen molar-refractivity contribution in [1.82, 2.24) is 5.32 Å². The van der Waals surface area contributed by atoms with E-state index in [0.717, 1.165) is 37.2 Å². The molecule has 0 saturated heterocycles. The van der Waals surface area contributed by atoms with Crippen LogP contribution in [0.5, 0.6) is 5.75 Å². The Labute approximate surface area is 130 Å². The summed E-state index contributed by atoms with van der Waals surface area (Å²) >= 11 is 1.77. The van der Waals surface area contributed by atoms with Gasteiger partial charge in [-0.15, -0.1) is 11.8 Å². The summed E-state index contributed by atoms with van der Waals surface area (Å²) in [4.78, 5) is 12.8. The Morgan fingerprint density at radius 3 is 2.76 bits per heavy atom. The molecule has 1 aliphatic rings. The highest BCUT2D eigenvalue weighted by Crippen LogP contribution is 2.39. The van der Waals surface area contributed by atoms with Crippen molar-refractivity contribution in [3.05, 3.63) is 24.3 Å². The molecule has 0 heterocycles. The minimum atomic E-state index is -0.722. The van der Waals surface area contributed by atoms with Crippen LogP contribution in [0.2, 0.25) is 0 Å². The molecule has 0 spiro atoms. The second kappa shape index (κ2) is 7.18. The van der Waals surface area contributed by atoms with Crippen LogP contribution in [0.1, 0.15) is 25.7 Å². The van der Waals surface area contributed by atoms with Crippen LogP contribution in [-0.4, -0.2) is 36.5 Å². The molecule has 116 valence electrons. The number of likely N-dealkylation sites (N-methyl/N-ethyl adjacent to an activating group) is 1. The lowest BCUT2D eigenvalue weighted by atomic mass is 9.85. The van der Waals surface area contributed by atoms with Crippen LogP contribution in [0.4, 0.5) is 0 Å². The minimum Gasteiger partial charge on any atom is -0.497 e. The van der Waals surface area contributed by atoms with E-state index in [9.17, 15) is 9.90 Å². The van der Waals surface area contributed by atoms with Gasteiger partial charge in [-0.05, 0) is 62.2 Å².